The van der Waals surface area contributed by atoms with Crippen molar-refractivity contribution < 1.29 is 33.1 Å². The van der Waals surface area contributed by atoms with Crippen molar-refractivity contribution in [1.82, 2.24) is 0 Å². The molecule has 0 bridgehead atoms. The molecule has 1 amide bonds. The molecule has 4 aromatic carbocycles. The number of nitro groups is 1. The van der Waals surface area contributed by atoms with Crippen LogP contribution in [0.25, 0.3) is 5.57 Å². The maximum atomic E-state index is 13.7. The standard InChI is InChI=1S/C32H24F2N2O6/c33-24-9-4-20(5-10-24)23(19-42-32(39)22-2-1-3-27(18-22)36(40)41)8-17-29-30(21-6-15-28(37)16-7-21)35(31(29)38)26-13-11-25(34)12-14-26/h1-16,18,29-30,37H,17,19H2/b23-8+/t29-,30-/m1/s1. The van der Waals surface area contributed by atoms with Crippen molar-refractivity contribution in [3.63, 3.8) is 0 Å². The molecule has 0 saturated carbocycles. The van der Waals surface area contributed by atoms with Gasteiger partial charge in [-0.25, -0.2) is 13.6 Å². The maximum Gasteiger partial charge on any atom is 0.338 e. The van der Waals surface area contributed by atoms with Crippen molar-refractivity contribution in [2.75, 3.05) is 11.5 Å². The zero-order valence-electron chi connectivity index (χ0n) is 22.0. The number of nitrogens with zero attached hydrogens (tertiary/aromatic N) is 2. The molecule has 1 N–H and O–H groups in total. The molecule has 5 rings (SSSR count). The molecule has 0 aromatic heterocycles. The average molecular weight is 571 g/mol. The molecule has 1 heterocycles. The zero-order chi connectivity index (χ0) is 29.8. The fraction of sp³-hybridized carbons (Fsp3) is 0.125. The number of non-ortho nitro benzene ring substituents is 1. The molecule has 0 unspecified atom stereocenters. The number of hydrogen-bond donors (Lipinski definition) is 1. The van der Waals surface area contributed by atoms with Gasteiger partial charge in [0.1, 0.15) is 24.0 Å². The number of aromatic hydroxyl groups is 1. The summed E-state index contributed by atoms with van der Waals surface area (Å²) >= 11 is 0. The number of allylic oxidation sites excluding steroid dienone is 1. The molecule has 1 saturated heterocycles. The van der Waals surface area contributed by atoms with Gasteiger partial charge in [-0.1, -0.05) is 36.4 Å². The number of esters is 1. The Balaban J connectivity index is 1.41. The summed E-state index contributed by atoms with van der Waals surface area (Å²) in [5.74, 6) is -2.35. The Morgan fingerprint density at radius 3 is 2.21 bits per heavy atom. The van der Waals surface area contributed by atoms with Gasteiger partial charge in [-0.3, -0.25) is 14.9 Å². The number of amides is 1. The molecule has 0 radical (unpaired) electrons. The molecule has 0 aliphatic carbocycles. The largest absolute Gasteiger partial charge is 0.508 e. The highest BCUT2D eigenvalue weighted by Gasteiger charge is 2.48. The highest BCUT2D eigenvalue weighted by atomic mass is 19.1. The second-order valence-electron chi connectivity index (χ2n) is 9.68. The van der Waals surface area contributed by atoms with Crippen LogP contribution in [0.4, 0.5) is 20.2 Å². The summed E-state index contributed by atoms with van der Waals surface area (Å²) in [5.41, 5.74) is 2.09. The second kappa shape index (κ2) is 12.0. The van der Waals surface area contributed by atoms with Crippen molar-refractivity contribution in [2.24, 2.45) is 5.92 Å². The van der Waals surface area contributed by atoms with E-state index in [0.717, 1.165) is 11.6 Å². The van der Waals surface area contributed by atoms with Crippen LogP contribution < -0.4 is 4.90 Å². The predicted molar refractivity (Wildman–Crippen MR) is 151 cm³/mol. The lowest BCUT2D eigenvalue weighted by Crippen LogP contribution is -2.55. The van der Waals surface area contributed by atoms with E-state index in [2.05, 4.69) is 0 Å². The minimum atomic E-state index is -0.782. The van der Waals surface area contributed by atoms with Gasteiger partial charge in [0.2, 0.25) is 5.91 Å². The first-order valence-electron chi connectivity index (χ1n) is 13.0. The molecule has 1 fully saturated rings. The topological polar surface area (TPSA) is 110 Å². The van der Waals surface area contributed by atoms with Crippen LogP contribution in [0.15, 0.2) is 103 Å². The lowest BCUT2D eigenvalue weighted by molar-refractivity contribution is -0.384. The van der Waals surface area contributed by atoms with Gasteiger partial charge in [-0.2, -0.15) is 0 Å². The van der Waals surface area contributed by atoms with Gasteiger partial charge in [0.25, 0.3) is 5.69 Å². The van der Waals surface area contributed by atoms with E-state index < -0.39 is 34.5 Å². The smallest absolute Gasteiger partial charge is 0.338 e. The molecule has 1 aliphatic heterocycles. The van der Waals surface area contributed by atoms with Crippen molar-refractivity contribution >= 4 is 28.8 Å². The molecular formula is C32H24F2N2O6. The number of nitro benzene ring substituents is 1. The van der Waals surface area contributed by atoms with Crippen LogP contribution in [0, 0.1) is 27.7 Å². The van der Waals surface area contributed by atoms with Crippen molar-refractivity contribution in [3.8, 4) is 5.75 Å². The molecule has 42 heavy (non-hydrogen) atoms. The van der Waals surface area contributed by atoms with E-state index in [-0.39, 0.29) is 35.9 Å². The van der Waals surface area contributed by atoms with Crippen molar-refractivity contribution in [1.29, 1.82) is 0 Å². The summed E-state index contributed by atoms with van der Waals surface area (Å²) in [6, 6.07) is 22.3. The number of carbonyl (C=O) groups is 2. The Morgan fingerprint density at radius 2 is 1.57 bits per heavy atom. The molecule has 212 valence electrons. The number of halogens is 2. The van der Waals surface area contributed by atoms with Crippen LogP contribution in [-0.4, -0.2) is 28.5 Å². The summed E-state index contributed by atoms with van der Waals surface area (Å²) in [7, 11) is 0. The Kier molecular flexibility index (Phi) is 8.05. The first-order valence-corrected chi connectivity index (χ1v) is 13.0. The van der Waals surface area contributed by atoms with E-state index in [4.69, 9.17) is 4.74 Å². The quantitative estimate of drug-likeness (QED) is 0.105. The van der Waals surface area contributed by atoms with Crippen LogP contribution in [0.3, 0.4) is 0 Å². The third-order valence-electron chi connectivity index (χ3n) is 7.04. The van der Waals surface area contributed by atoms with Gasteiger partial charge >= 0.3 is 5.97 Å². The van der Waals surface area contributed by atoms with E-state index in [1.54, 1.807) is 23.1 Å². The van der Waals surface area contributed by atoms with Gasteiger partial charge in [-0.15, -0.1) is 0 Å². The molecule has 1 aliphatic rings. The monoisotopic (exact) mass is 570 g/mol. The van der Waals surface area contributed by atoms with Gasteiger partial charge in [-0.05, 0) is 77.7 Å². The van der Waals surface area contributed by atoms with E-state index in [1.807, 2.05) is 0 Å². The third kappa shape index (κ3) is 6.02. The summed E-state index contributed by atoms with van der Waals surface area (Å²) < 4.78 is 32.7. The molecule has 8 nitrogen and oxygen atoms in total. The Bertz CT molecular complexity index is 1650. The highest BCUT2D eigenvalue weighted by Crippen LogP contribution is 2.46. The van der Waals surface area contributed by atoms with E-state index in [1.165, 1.54) is 78.9 Å². The molecular weight excluding hydrogens is 546 g/mol. The first kappa shape index (κ1) is 28.2. The number of hydrogen-bond acceptors (Lipinski definition) is 6. The Hall–Kier alpha value is -5.38. The normalized spacial score (nSPS) is 16.6. The fourth-order valence-electron chi connectivity index (χ4n) is 4.89. The summed E-state index contributed by atoms with van der Waals surface area (Å²) in [6.07, 6.45) is 1.97. The van der Waals surface area contributed by atoms with E-state index in [9.17, 15) is 33.6 Å². The Morgan fingerprint density at radius 1 is 0.929 bits per heavy atom. The van der Waals surface area contributed by atoms with Crippen molar-refractivity contribution in [3.05, 3.63) is 142 Å². The lowest BCUT2D eigenvalue weighted by atomic mass is 9.79. The number of carbonyl (C=O) groups excluding carboxylic acids is 2. The average Bonchev–Trinajstić information content (AvgIpc) is 2.99. The minimum absolute atomic E-state index is 0.000777. The van der Waals surface area contributed by atoms with Gasteiger partial charge < -0.3 is 14.7 Å². The van der Waals surface area contributed by atoms with E-state index >= 15 is 0 Å². The first-order chi connectivity index (χ1) is 20.2. The van der Waals surface area contributed by atoms with Crippen molar-refractivity contribution in [2.45, 2.75) is 12.5 Å². The second-order valence-corrected chi connectivity index (χ2v) is 9.68. The van der Waals surface area contributed by atoms with Crippen LogP contribution in [0.2, 0.25) is 0 Å². The van der Waals surface area contributed by atoms with Crippen LogP contribution in [0.1, 0.15) is 33.9 Å². The molecule has 10 heteroatoms. The van der Waals surface area contributed by atoms with Crippen LogP contribution >= 0.6 is 0 Å². The lowest BCUT2D eigenvalue weighted by Gasteiger charge is -2.47. The zero-order valence-corrected chi connectivity index (χ0v) is 22.0. The summed E-state index contributed by atoms with van der Waals surface area (Å²) in [4.78, 5) is 38.1. The Labute approximate surface area is 239 Å². The highest BCUT2D eigenvalue weighted by molar-refractivity contribution is 6.03. The predicted octanol–water partition coefficient (Wildman–Crippen LogP) is 6.61. The van der Waals surface area contributed by atoms with Crippen LogP contribution in [-0.2, 0) is 9.53 Å². The maximum absolute atomic E-state index is 13.7. The molecule has 2 atom stereocenters. The van der Waals surface area contributed by atoms with Gasteiger partial charge in [0.05, 0.1) is 22.4 Å². The van der Waals surface area contributed by atoms with Crippen LogP contribution in [0.5, 0.6) is 5.75 Å². The number of β-lactam (4-membered cyclic amide) rings is 1. The number of rotatable bonds is 9. The summed E-state index contributed by atoms with van der Waals surface area (Å²) in [5, 5.41) is 20.9. The molecule has 4 aromatic rings. The minimum Gasteiger partial charge on any atom is -0.508 e. The fourth-order valence-corrected chi connectivity index (χ4v) is 4.89. The molecule has 0 spiro atoms. The van der Waals surface area contributed by atoms with E-state index in [0.29, 0.717) is 16.8 Å². The number of benzene rings is 4. The van der Waals surface area contributed by atoms with Gasteiger partial charge in [0, 0.05) is 17.8 Å². The number of anilines is 1. The number of phenolic OH excluding ortho intramolecular Hbond substituents is 1. The third-order valence-corrected chi connectivity index (χ3v) is 7.04. The summed E-state index contributed by atoms with van der Waals surface area (Å²) in [6.45, 7) is -0.236. The number of phenols is 1. The number of ether oxygens (including phenoxy) is 1. The SMILES string of the molecule is O=C(OC/C(=C\C[C@H]1C(=O)N(c2ccc(F)cc2)[C@@H]1c1ccc(O)cc1)c1ccc(F)cc1)c1cccc([N+](=O)[O-])c1. The van der Waals surface area contributed by atoms with Gasteiger partial charge in [0.15, 0.2) is 0 Å².